The van der Waals surface area contributed by atoms with Crippen LogP contribution in [0.4, 0.5) is 5.82 Å². The quantitative estimate of drug-likeness (QED) is 0.848. The molecule has 86 valence electrons. The molecule has 0 aliphatic heterocycles. The molecule has 0 fully saturated rings. The van der Waals surface area contributed by atoms with Crippen molar-refractivity contribution in [3.63, 3.8) is 0 Å². The lowest BCUT2D eigenvalue weighted by molar-refractivity contribution is 0.653. The topological polar surface area (TPSA) is 47.7 Å². The van der Waals surface area contributed by atoms with Crippen LogP contribution in [0.25, 0.3) is 0 Å². The lowest BCUT2D eigenvalue weighted by Gasteiger charge is -2.00. The van der Waals surface area contributed by atoms with Crippen LogP contribution in [0.2, 0.25) is 0 Å². The zero-order valence-corrected chi connectivity index (χ0v) is 9.94. The molecular weight excluding hydrogens is 202 g/mol. The average molecular weight is 219 g/mol. The highest BCUT2D eigenvalue weighted by atomic mass is 15.3. The maximum atomic E-state index is 4.40. The Hall–Kier alpha value is -1.78. The van der Waals surface area contributed by atoms with Crippen LogP contribution in [0.15, 0.2) is 18.5 Å². The zero-order chi connectivity index (χ0) is 11.5. The fraction of sp³-hybridized carbons (Fsp3) is 0.455. The van der Waals surface area contributed by atoms with Crippen LogP contribution in [0, 0.1) is 6.92 Å². The molecule has 2 aromatic heterocycles. The smallest absolute Gasteiger partial charge is 0.148 e. The van der Waals surface area contributed by atoms with E-state index in [-0.39, 0.29) is 0 Å². The molecule has 5 nitrogen and oxygen atoms in total. The molecule has 2 rings (SSSR count). The van der Waals surface area contributed by atoms with Gasteiger partial charge in [-0.3, -0.25) is 9.36 Å². The third-order valence-electron chi connectivity index (χ3n) is 2.55. The van der Waals surface area contributed by atoms with E-state index in [1.807, 2.05) is 30.9 Å². The summed E-state index contributed by atoms with van der Waals surface area (Å²) in [5.74, 6) is 0.895. The molecule has 2 aromatic rings. The van der Waals surface area contributed by atoms with Crippen LogP contribution in [0.5, 0.6) is 0 Å². The standard InChI is InChI=1S/C11H17N5/c1-4-16-8-10(9(2)13-16)7-12-11-5-6-15(3)14-11/h5-6,8H,4,7H2,1-3H3,(H,12,14). The van der Waals surface area contributed by atoms with E-state index >= 15 is 0 Å². The molecule has 0 atom stereocenters. The molecule has 0 spiro atoms. The van der Waals surface area contributed by atoms with Gasteiger partial charge in [-0.05, 0) is 13.8 Å². The first kappa shape index (κ1) is 10.7. The minimum absolute atomic E-state index is 0.767. The Labute approximate surface area is 95.1 Å². The minimum Gasteiger partial charge on any atom is -0.364 e. The molecule has 0 bridgehead atoms. The largest absolute Gasteiger partial charge is 0.364 e. The van der Waals surface area contributed by atoms with Gasteiger partial charge in [0.05, 0.1) is 5.69 Å². The van der Waals surface area contributed by atoms with E-state index in [1.165, 1.54) is 5.56 Å². The van der Waals surface area contributed by atoms with E-state index in [9.17, 15) is 0 Å². The van der Waals surface area contributed by atoms with Crippen molar-refractivity contribution < 1.29 is 0 Å². The van der Waals surface area contributed by atoms with Crippen molar-refractivity contribution in [3.05, 3.63) is 29.7 Å². The third kappa shape index (κ3) is 2.24. The Morgan fingerprint density at radius 3 is 2.75 bits per heavy atom. The van der Waals surface area contributed by atoms with E-state index in [0.29, 0.717) is 0 Å². The average Bonchev–Trinajstić information content (AvgIpc) is 2.82. The third-order valence-corrected chi connectivity index (χ3v) is 2.55. The second-order valence-electron chi connectivity index (χ2n) is 3.82. The number of aromatic nitrogens is 4. The Balaban J connectivity index is 2.01. The van der Waals surface area contributed by atoms with Gasteiger partial charge in [-0.25, -0.2) is 0 Å². The number of rotatable bonds is 4. The highest BCUT2D eigenvalue weighted by Gasteiger charge is 2.04. The van der Waals surface area contributed by atoms with Crippen molar-refractivity contribution in [2.75, 3.05) is 5.32 Å². The molecule has 0 aliphatic carbocycles. The first-order valence-electron chi connectivity index (χ1n) is 5.45. The van der Waals surface area contributed by atoms with Gasteiger partial charge >= 0.3 is 0 Å². The SMILES string of the molecule is CCn1cc(CNc2ccn(C)n2)c(C)n1. The summed E-state index contributed by atoms with van der Waals surface area (Å²) in [6.45, 7) is 5.79. The Morgan fingerprint density at radius 2 is 2.19 bits per heavy atom. The van der Waals surface area contributed by atoms with E-state index in [2.05, 4.69) is 28.6 Å². The number of anilines is 1. The van der Waals surface area contributed by atoms with Crippen molar-refractivity contribution in [1.29, 1.82) is 0 Å². The number of nitrogens with zero attached hydrogens (tertiary/aromatic N) is 4. The highest BCUT2D eigenvalue weighted by molar-refractivity contribution is 5.34. The van der Waals surface area contributed by atoms with Gasteiger partial charge < -0.3 is 5.32 Å². The van der Waals surface area contributed by atoms with Gasteiger partial charge in [-0.2, -0.15) is 10.2 Å². The van der Waals surface area contributed by atoms with Crippen LogP contribution >= 0.6 is 0 Å². The van der Waals surface area contributed by atoms with Gasteiger partial charge in [0.15, 0.2) is 0 Å². The summed E-state index contributed by atoms with van der Waals surface area (Å²) in [5.41, 5.74) is 2.29. The maximum Gasteiger partial charge on any atom is 0.148 e. The molecule has 0 radical (unpaired) electrons. The molecule has 0 aromatic carbocycles. The van der Waals surface area contributed by atoms with Crippen LogP contribution < -0.4 is 5.32 Å². The molecule has 16 heavy (non-hydrogen) atoms. The molecule has 5 heteroatoms. The van der Waals surface area contributed by atoms with Gasteiger partial charge in [0, 0.05) is 44.2 Å². The summed E-state index contributed by atoms with van der Waals surface area (Å²) in [5, 5.41) is 11.9. The fourth-order valence-electron chi connectivity index (χ4n) is 1.59. The van der Waals surface area contributed by atoms with Crippen LogP contribution in [-0.2, 0) is 20.1 Å². The van der Waals surface area contributed by atoms with Crippen molar-refractivity contribution in [2.24, 2.45) is 7.05 Å². The number of hydrogen-bond donors (Lipinski definition) is 1. The monoisotopic (exact) mass is 219 g/mol. The molecule has 0 aliphatic rings. The van der Waals surface area contributed by atoms with Crippen LogP contribution in [-0.4, -0.2) is 19.6 Å². The molecule has 0 saturated heterocycles. The minimum atomic E-state index is 0.767. The number of aryl methyl sites for hydroxylation is 3. The number of nitrogens with one attached hydrogen (secondary N) is 1. The Kier molecular flexibility index (Phi) is 2.94. The molecule has 1 N–H and O–H groups in total. The predicted octanol–water partition coefficient (Wildman–Crippen LogP) is 1.56. The van der Waals surface area contributed by atoms with Crippen LogP contribution in [0.1, 0.15) is 18.2 Å². The summed E-state index contributed by atoms with van der Waals surface area (Å²) in [7, 11) is 1.91. The van der Waals surface area contributed by atoms with E-state index in [0.717, 1.165) is 24.6 Å². The highest BCUT2D eigenvalue weighted by Crippen LogP contribution is 2.09. The summed E-state index contributed by atoms with van der Waals surface area (Å²) < 4.78 is 3.73. The zero-order valence-electron chi connectivity index (χ0n) is 9.94. The second kappa shape index (κ2) is 4.38. The summed E-state index contributed by atoms with van der Waals surface area (Å²) in [6.07, 6.45) is 4.00. The van der Waals surface area contributed by atoms with Gasteiger partial charge in [-0.1, -0.05) is 0 Å². The van der Waals surface area contributed by atoms with Gasteiger partial charge in [0.1, 0.15) is 5.82 Å². The molecule has 0 amide bonds. The summed E-state index contributed by atoms with van der Waals surface area (Å²) >= 11 is 0. The molecule has 0 unspecified atom stereocenters. The van der Waals surface area contributed by atoms with E-state index in [4.69, 9.17) is 0 Å². The Bertz CT molecular complexity index is 468. The lowest BCUT2D eigenvalue weighted by atomic mass is 10.2. The first-order valence-corrected chi connectivity index (χ1v) is 5.45. The van der Waals surface area contributed by atoms with Crippen molar-refractivity contribution >= 4 is 5.82 Å². The summed E-state index contributed by atoms with van der Waals surface area (Å²) in [4.78, 5) is 0. The van der Waals surface area contributed by atoms with Crippen molar-refractivity contribution in [1.82, 2.24) is 19.6 Å². The lowest BCUT2D eigenvalue weighted by Crippen LogP contribution is -2.01. The van der Waals surface area contributed by atoms with Crippen LogP contribution in [0.3, 0.4) is 0 Å². The molecule has 0 saturated carbocycles. The van der Waals surface area contributed by atoms with Crippen molar-refractivity contribution in [3.8, 4) is 0 Å². The van der Waals surface area contributed by atoms with Gasteiger partial charge in [0.25, 0.3) is 0 Å². The second-order valence-corrected chi connectivity index (χ2v) is 3.82. The first-order chi connectivity index (χ1) is 7.69. The fourth-order valence-corrected chi connectivity index (χ4v) is 1.59. The number of hydrogen-bond acceptors (Lipinski definition) is 3. The maximum absolute atomic E-state index is 4.40. The van der Waals surface area contributed by atoms with Crippen molar-refractivity contribution in [2.45, 2.75) is 26.9 Å². The summed E-state index contributed by atoms with van der Waals surface area (Å²) in [6, 6.07) is 1.96. The normalized spacial score (nSPS) is 10.7. The van der Waals surface area contributed by atoms with E-state index in [1.54, 1.807) is 4.68 Å². The molecular formula is C11H17N5. The Morgan fingerprint density at radius 1 is 1.38 bits per heavy atom. The van der Waals surface area contributed by atoms with Gasteiger partial charge in [0.2, 0.25) is 0 Å². The predicted molar refractivity (Wildman–Crippen MR) is 63.2 cm³/mol. The molecule has 2 heterocycles. The van der Waals surface area contributed by atoms with Gasteiger partial charge in [-0.15, -0.1) is 0 Å². The van der Waals surface area contributed by atoms with E-state index < -0.39 is 0 Å².